The average Bonchev–Trinajstić information content (AvgIpc) is 2.45. The van der Waals surface area contributed by atoms with E-state index in [0.29, 0.717) is 23.2 Å². The summed E-state index contributed by atoms with van der Waals surface area (Å²) in [7, 11) is 1.63. The first-order valence-corrected chi connectivity index (χ1v) is 7.37. The Balaban J connectivity index is 2.10. The summed E-state index contributed by atoms with van der Waals surface area (Å²) in [6.07, 6.45) is 0. The second-order valence-corrected chi connectivity index (χ2v) is 5.30. The van der Waals surface area contributed by atoms with Crippen molar-refractivity contribution < 1.29 is 9.47 Å². The monoisotopic (exact) mass is 325 g/mol. The summed E-state index contributed by atoms with van der Waals surface area (Å²) in [5, 5.41) is 4.50. The molecular weight excluding hydrogens is 309 g/mol. The van der Waals surface area contributed by atoms with E-state index in [-0.39, 0.29) is 0 Å². The van der Waals surface area contributed by atoms with Crippen molar-refractivity contribution in [1.82, 2.24) is 0 Å². The highest BCUT2D eigenvalue weighted by atomic mass is 35.5. The van der Waals surface area contributed by atoms with Gasteiger partial charge in [0, 0.05) is 22.3 Å². The van der Waals surface area contributed by atoms with Gasteiger partial charge in [0.05, 0.1) is 13.7 Å². The topological polar surface area (TPSA) is 30.5 Å². The number of anilines is 1. The molecular formula is C16H17Cl2NO2. The van der Waals surface area contributed by atoms with Crippen LogP contribution < -0.4 is 14.8 Å². The maximum Gasteiger partial charge on any atom is 0.161 e. The molecule has 0 spiro atoms. The zero-order chi connectivity index (χ0) is 15.2. The number of methoxy groups -OCH3 is 1. The molecule has 2 aromatic carbocycles. The van der Waals surface area contributed by atoms with Gasteiger partial charge in [0.1, 0.15) is 0 Å². The molecule has 0 aliphatic carbocycles. The molecule has 5 heteroatoms. The molecule has 3 nitrogen and oxygen atoms in total. The van der Waals surface area contributed by atoms with Crippen molar-refractivity contribution in [2.24, 2.45) is 0 Å². The van der Waals surface area contributed by atoms with Crippen LogP contribution in [0.25, 0.3) is 0 Å². The van der Waals surface area contributed by atoms with Gasteiger partial charge in [-0.1, -0.05) is 29.3 Å². The highest BCUT2D eigenvalue weighted by molar-refractivity contribution is 6.35. The van der Waals surface area contributed by atoms with Crippen LogP contribution in [0.3, 0.4) is 0 Å². The quantitative estimate of drug-likeness (QED) is 0.809. The summed E-state index contributed by atoms with van der Waals surface area (Å²) in [4.78, 5) is 0. The first-order chi connectivity index (χ1) is 10.1. The summed E-state index contributed by atoms with van der Waals surface area (Å²) >= 11 is 12.0. The standard InChI is InChI=1S/C16H17Cl2NO2/c1-3-21-16-6-11(4-5-15(16)20-2)10-19-14-8-12(17)7-13(18)9-14/h4-9,19H,3,10H2,1-2H3. The van der Waals surface area contributed by atoms with E-state index < -0.39 is 0 Å². The Bertz CT molecular complexity index is 597. The molecule has 0 bridgehead atoms. The fourth-order valence-electron chi connectivity index (χ4n) is 1.96. The van der Waals surface area contributed by atoms with Crippen molar-refractivity contribution >= 4 is 28.9 Å². The zero-order valence-corrected chi connectivity index (χ0v) is 13.5. The Morgan fingerprint density at radius 1 is 1.00 bits per heavy atom. The highest BCUT2D eigenvalue weighted by Crippen LogP contribution is 2.29. The lowest BCUT2D eigenvalue weighted by Crippen LogP contribution is -2.01. The summed E-state index contributed by atoms with van der Waals surface area (Å²) < 4.78 is 10.8. The third-order valence-corrected chi connectivity index (χ3v) is 3.32. The second kappa shape index (κ2) is 7.43. The van der Waals surface area contributed by atoms with Gasteiger partial charge in [0.15, 0.2) is 11.5 Å². The minimum Gasteiger partial charge on any atom is -0.493 e. The molecule has 0 saturated heterocycles. The number of halogens is 2. The van der Waals surface area contributed by atoms with Gasteiger partial charge in [-0.05, 0) is 42.8 Å². The Labute approximate surface area is 134 Å². The molecule has 0 heterocycles. The van der Waals surface area contributed by atoms with Crippen LogP contribution in [0.4, 0.5) is 5.69 Å². The lowest BCUT2D eigenvalue weighted by Gasteiger charge is -2.12. The van der Waals surface area contributed by atoms with Gasteiger partial charge in [-0.15, -0.1) is 0 Å². The van der Waals surface area contributed by atoms with Gasteiger partial charge >= 0.3 is 0 Å². The van der Waals surface area contributed by atoms with Crippen LogP contribution in [0, 0.1) is 0 Å². The number of ether oxygens (including phenoxy) is 2. The van der Waals surface area contributed by atoms with Gasteiger partial charge in [-0.3, -0.25) is 0 Å². The van der Waals surface area contributed by atoms with Crippen molar-refractivity contribution in [3.63, 3.8) is 0 Å². The maximum absolute atomic E-state index is 5.98. The van der Waals surface area contributed by atoms with Crippen LogP contribution in [0.2, 0.25) is 10.0 Å². The Kier molecular flexibility index (Phi) is 5.59. The minimum atomic E-state index is 0.594. The summed E-state index contributed by atoms with van der Waals surface area (Å²) in [6.45, 7) is 3.18. The average molecular weight is 326 g/mol. The smallest absolute Gasteiger partial charge is 0.161 e. The Morgan fingerprint density at radius 3 is 2.33 bits per heavy atom. The van der Waals surface area contributed by atoms with E-state index in [9.17, 15) is 0 Å². The lowest BCUT2D eigenvalue weighted by molar-refractivity contribution is 0.310. The molecule has 0 saturated carbocycles. The van der Waals surface area contributed by atoms with Gasteiger partial charge in [0.2, 0.25) is 0 Å². The van der Waals surface area contributed by atoms with Crippen molar-refractivity contribution in [2.75, 3.05) is 19.0 Å². The second-order valence-electron chi connectivity index (χ2n) is 4.43. The van der Waals surface area contributed by atoms with E-state index in [2.05, 4.69) is 5.32 Å². The summed E-state index contributed by atoms with van der Waals surface area (Å²) in [5.41, 5.74) is 1.96. The van der Waals surface area contributed by atoms with Crippen LogP contribution in [0.15, 0.2) is 36.4 Å². The summed E-state index contributed by atoms with van der Waals surface area (Å²) in [5.74, 6) is 1.47. The number of hydrogen-bond donors (Lipinski definition) is 1. The predicted octanol–water partition coefficient (Wildman–Crippen LogP) is 5.01. The van der Waals surface area contributed by atoms with Crippen molar-refractivity contribution in [1.29, 1.82) is 0 Å². The predicted molar refractivity (Wildman–Crippen MR) is 88.0 cm³/mol. The SMILES string of the molecule is CCOc1cc(CNc2cc(Cl)cc(Cl)c2)ccc1OC. The zero-order valence-electron chi connectivity index (χ0n) is 12.0. The lowest BCUT2D eigenvalue weighted by atomic mass is 10.2. The van der Waals surface area contributed by atoms with Crippen LogP contribution >= 0.6 is 23.2 Å². The van der Waals surface area contributed by atoms with E-state index >= 15 is 0 Å². The molecule has 2 rings (SSSR count). The molecule has 0 fully saturated rings. The molecule has 2 aromatic rings. The fourth-order valence-corrected chi connectivity index (χ4v) is 2.49. The Morgan fingerprint density at radius 2 is 1.71 bits per heavy atom. The normalized spacial score (nSPS) is 10.3. The molecule has 0 radical (unpaired) electrons. The first-order valence-electron chi connectivity index (χ1n) is 6.62. The fraction of sp³-hybridized carbons (Fsp3) is 0.250. The van der Waals surface area contributed by atoms with E-state index in [1.807, 2.05) is 37.3 Å². The van der Waals surface area contributed by atoms with Crippen molar-refractivity contribution in [3.05, 3.63) is 52.0 Å². The van der Waals surface area contributed by atoms with Gasteiger partial charge in [-0.25, -0.2) is 0 Å². The molecule has 0 unspecified atom stereocenters. The molecule has 21 heavy (non-hydrogen) atoms. The third-order valence-electron chi connectivity index (χ3n) is 2.89. The number of benzene rings is 2. The minimum absolute atomic E-state index is 0.594. The van der Waals surface area contributed by atoms with Crippen LogP contribution in [0.1, 0.15) is 12.5 Å². The maximum atomic E-state index is 5.98. The number of hydrogen-bond acceptors (Lipinski definition) is 3. The van der Waals surface area contributed by atoms with E-state index in [4.69, 9.17) is 32.7 Å². The third kappa shape index (κ3) is 4.45. The van der Waals surface area contributed by atoms with E-state index in [1.165, 1.54) is 0 Å². The van der Waals surface area contributed by atoms with Crippen molar-refractivity contribution in [2.45, 2.75) is 13.5 Å². The molecule has 0 aliphatic rings. The van der Waals surface area contributed by atoms with Gasteiger partial charge < -0.3 is 14.8 Å². The Hall–Kier alpha value is -1.58. The first kappa shape index (κ1) is 15.8. The number of rotatable bonds is 6. The molecule has 0 atom stereocenters. The highest BCUT2D eigenvalue weighted by Gasteiger charge is 2.05. The van der Waals surface area contributed by atoms with Crippen molar-refractivity contribution in [3.8, 4) is 11.5 Å². The van der Waals surface area contributed by atoms with Gasteiger partial charge in [-0.2, -0.15) is 0 Å². The van der Waals surface area contributed by atoms with Gasteiger partial charge in [0.25, 0.3) is 0 Å². The van der Waals surface area contributed by atoms with Crippen LogP contribution in [0.5, 0.6) is 11.5 Å². The molecule has 0 aliphatic heterocycles. The number of nitrogens with one attached hydrogen (secondary N) is 1. The van der Waals surface area contributed by atoms with E-state index in [1.54, 1.807) is 13.2 Å². The summed E-state index contributed by atoms with van der Waals surface area (Å²) in [6, 6.07) is 11.2. The molecule has 0 aromatic heterocycles. The largest absolute Gasteiger partial charge is 0.493 e. The van der Waals surface area contributed by atoms with Crippen LogP contribution in [-0.4, -0.2) is 13.7 Å². The molecule has 112 valence electrons. The molecule has 1 N–H and O–H groups in total. The van der Waals surface area contributed by atoms with Crippen LogP contribution in [-0.2, 0) is 6.54 Å². The molecule has 0 amide bonds. The van der Waals surface area contributed by atoms with E-state index in [0.717, 1.165) is 22.7 Å².